The van der Waals surface area contributed by atoms with Gasteiger partial charge in [-0.15, -0.1) is 0 Å². The predicted molar refractivity (Wildman–Crippen MR) is 81.5 cm³/mol. The Morgan fingerprint density at radius 2 is 2.00 bits per heavy atom. The van der Waals surface area contributed by atoms with Crippen molar-refractivity contribution < 1.29 is 9.18 Å². The maximum absolute atomic E-state index is 13.0. The lowest BCUT2D eigenvalue weighted by Crippen LogP contribution is -2.28. The summed E-state index contributed by atoms with van der Waals surface area (Å²) in [4.78, 5) is 17.1. The summed E-state index contributed by atoms with van der Waals surface area (Å²) >= 11 is 1.70. The van der Waals surface area contributed by atoms with Crippen LogP contribution in [0.1, 0.15) is 10.4 Å². The quantitative estimate of drug-likeness (QED) is 0.918. The molecule has 0 bridgehead atoms. The van der Waals surface area contributed by atoms with Crippen LogP contribution in [0, 0.1) is 5.82 Å². The zero-order chi connectivity index (χ0) is 14.5. The summed E-state index contributed by atoms with van der Waals surface area (Å²) in [6.45, 7) is 0.702. The van der Waals surface area contributed by atoms with E-state index >= 15 is 0 Å². The topological polar surface area (TPSA) is 36.1 Å². The average molecular weight is 292 g/mol. The lowest BCUT2D eigenvalue weighted by Gasteiger charge is -2.16. The summed E-state index contributed by atoms with van der Waals surface area (Å²) in [6.07, 6.45) is 5.47. The molecule has 20 heavy (non-hydrogen) atoms. The Labute approximate surface area is 122 Å². The number of thioether (sulfide) groups is 1. The number of carbonyl (C=O) groups excluding carboxylic acids is 1. The van der Waals surface area contributed by atoms with Crippen molar-refractivity contribution >= 4 is 17.7 Å². The lowest BCUT2D eigenvalue weighted by atomic mass is 10.0. The van der Waals surface area contributed by atoms with Crippen molar-refractivity contribution in [2.45, 2.75) is 0 Å². The van der Waals surface area contributed by atoms with Gasteiger partial charge in [0.1, 0.15) is 5.82 Å². The first-order chi connectivity index (χ1) is 9.63. The highest BCUT2D eigenvalue weighted by molar-refractivity contribution is 7.98. The fourth-order valence-corrected chi connectivity index (χ4v) is 2.40. The molecule has 1 heterocycles. The highest BCUT2D eigenvalue weighted by atomic mass is 32.2. The van der Waals surface area contributed by atoms with E-state index in [2.05, 4.69) is 4.98 Å². The zero-order valence-corrected chi connectivity index (χ0v) is 12.3. The Balaban J connectivity index is 2.24. The molecule has 0 unspecified atom stereocenters. The molecule has 0 aliphatic carbocycles. The number of rotatable bonds is 5. The number of amides is 1. The first kappa shape index (κ1) is 14.7. The first-order valence-electron chi connectivity index (χ1n) is 6.30. The van der Waals surface area contributed by atoms with E-state index in [1.165, 1.54) is 12.1 Å². The molecule has 0 fully saturated rings. The van der Waals surface area contributed by atoms with Crippen molar-refractivity contribution in [1.82, 2.24) is 9.88 Å². The molecule has 0 radical (unpaired) electrons. The fourth-order valence-electron chi connectivity index (χ4n) is 1.94. The largest absolute Gasteiger partial charge is 0.366 e. The van der Waals surface area contributed by atoms with Gasteiger partial charge in [0.05, 0.1) is 5.56 Å². The number of aromatic amines is 1. The monoisotopic (exact) mass is 292 g/mol. The molecule has 1 amide bonds. The third kappa shape index (κ3) is 3.22. The van der Waals surface area contributed by atoms with Crippen LogP contribution in [0.3, 0.4) is 0 Å². The number of nitrogens with one attached hydrogen (secondary N) is 1. The Kier molecular flexibility index (Phi) is 4.84. The third-order valence-corrected chi connectivity index (χ3v) is 3.70. The van der Waals surface area contributed by atoms with Gasteiger partial charge >= 0.3 is 0 Å². The fraction of sp³-hybridized carbons (Fsp3) is 0.267. The van der Waals surface area contributed by atoms with Crippen LogP contribution in [0.15, 0.2) is 36.7 Å². The minimum absolute atomic E-state index is 0.0281. The second-order valence-corrected chi connectivity index (χ2v) is 5.49. The van der Waals surface area contributed by atoms with E-state index in [1.54, 1.807) is 48.2 Å². The van der Waals surface area contributed by atoms with Gasteiger partial charge in [-0.1, -0.05) is 12.1 Å². The van der Waals surface area contributed by atoms with Crippen LogP contribution in [0.5, 0.6) is 0 Å². The van der Waals surface area contributed by atoms with Crippen LogP contribution >= 0.6 is 11.8 Å². The van der Waals surface area contributed by atoms with Crippen molar-refractivity contribution in [3.63, 3.8) is 0 Å². The van der Waals surface area contributed by atoms with E-state index in [0.717, 1.165) is 16.9 Å². The van der Waals surface area contributed by atoms with E-state index < -0.39 is 0 Å². The minimum Gasteiger partial charge on any atom is -0.366 e. The molecule has 1 aromatic carbocycles. The van der Waals surface area contributed by atoms with Gasteiger partial charge in [0.2, 0.25) is 0 Å². The maximum atomic E-state index is 13.0. The van der Waals surface area contributed by atoms with Gasteiger partial charge < -0.3 is 9.88 Å². The summed E-state index contributed by atoms with van der Waals surface area (Å²) < 4.78 is 13.0. The molecule has 2 rings (SSSR count). The zero-order valence-electron chi connectivity index (χ0n) is 11.5. The molecule has 2 aromatic rings. The number of carbonyl (C=O) groups is 1. The SMILES string of the molecule is CSCCN(C)C(=O)c1c[nH]cc1-c1ccc(F)cc1. The van der Waals surface area contributed by atoms with Crippen LogP contribution < -0.4 is 0 Å². The molecular weight excluding hydrogens is 275 g/mol. The van der Waals surface area contributed by atoms with Crippen molar-refractivity contribution in [1.29, 1.82) is 0 Å². The molecule has 0 saturated heterocycles. The number of hydrogen-bond acceptors (Lipinski definition) is 2. The Morgan fingerprint density at radius 3 is 2.65 bits per heavy atom. The molecule has 0 spiro atoms. The van der Waals surface area contributed by atoms with Crippen LogP contribution in [0.2, 0.25) is 0 Å². The summed E-state index contributed by atoms with van der Waals surface area (Å²) in [5, 5.41) is 0. The van der Waals surface area contributed by atoms with Crippen LogP contribution in [0.25, 0.3) is 11.1 Å². The first-order valence-corrected chi connectivity index (χ1v) is 7.70. The molecule has 1 N–H and O–H groups in total. The van der Waals surface area contributed by atoms with E-state index in [9.17, 15) is 9.18 Å². The van der Waals surface area contributed by atoms with Gasteiger partial charge in [-0.25, -0.2) is 4.39 Å². The highest BCUT2D eigenvalue weighted by Gasteiger charge is 2.17. The number of benzene rings is 1. The van der Waals surface area contributed by atoms with Gasteiger partial charge in [0.25, 0.3) is 5.91 Å². The summed E-state index contributed by atoms with van der Waals surface area (Å²) in [5.74, 6) is 0.590. The van der Waals surface area contributed by atoms with E-state index in [1.807, 2.05) is 6.26 Å². The molecule has 106 valence electrons. The standard InChI is InChI=1S/C15H17FN2OS/c1-18(7-8-20-2)15(19)14-10-17-9-13(14)11-3-5-12(16)6-4-11/h3-6,9-10,17H,7-8H2,1-2H3. The molecule has 0 atom stereocenters. The van der Waals surface area contributed by atoms with Crippen molar-refractivity contribution in [2.75, 3.05) is 25.6 Å². The summed E-state index contributed by atoms with van der Waals surface area (Å²) in [5.41, 5.74) is 2.24. The Morgan fingerprint density at radius 1 is 1.30 bits per heavy atom. The molecule has 3 nitrogen and oxygen atoms in total. The van der Waals surface area contributed by atoms with Gasteiger partial charge in [-0.3, -0.25) is 4.79 Å². The smallest absolute Gasteiger partial charge is 0.255 e. The van der Waals surface area contributed by atoms with Gasteiger partial charge in [-0.2, -0.15) is 11.8 Å². The molecule has 0 aliphatic heterocycles. The normalized spacial score (nSPS) is 10.6. The highest BCUT2D eigenvalue weighted by Crippen LogP contribution is 2.24. The van der Waals surface area contributed by atoms with Crippen LogP contribution in [-0.4, -0.2) is 41.4 Å². The van der Waals surface area contributed by atoms with E-state index in [0.29, 0.717) is 12.1 Å². The number of aromatic nitrogens is 1. The van der Waals surface area contributed by atoms with Crippen molar-refractivity contribution in [3.8, 4) is 11.1 Å². The third-order valence-electron chi connectivity index (χ3n) is 3.11. The average Bonchev–Trinajstić information content (AvgIpc) is 2.94. The number of hydrogen-bond donors (Lipinski definition) is 1. The van der Waals surface area contributed by atoms with Crippen LogP contribution in [0.4, 0.5) is 4.39 Å². The van der Waals surface area contributed by atoms with Crippen molar-refractivity contribution in [2.24, 2.45) is 0 Å². The van der Waals surface area contributed by atoms with Gasteiger partial charge in [0, 0.05) is 37.3 Å². The van der Waals surface area contributed by atoms with Crippen LogP contribution in [-0.2, 0) is 0 Å². The second-order valence-electron chi connectivity index (χ2n) is 4.51. The molecule has 0 saturated carbocycles. The predicted octanol–water partition coefficient (Wildman–Crippen LogP) is 3.26. The number of nitrogens with zero attached hydrogens (tertiary/aromatic N) is 1. The molecule has 5 heteroatoms. The number of H-pyrrole nitrogens is 1. The second kappa shape index (κ2) is 6.61. The molecule has 0 aliphatic rings. The summed E-state index contributed by atoms with van der Waals surface area (Å²) in [6, 6.07) is 6.15. The van der Waals surface area contributed by atoms with Gasteiger partial charge in [-0.05, 0) is 24.0 Å². The van der Waals surface area contributed by atoms with Gasteiger partial charge in [0.15, 0.2) is 0 Å². The van der Waals surface area contributed by atoms with E-state index in [-0.39, 0.29) is 11.7 Å². The molecule has 1 aromatic heterocycles. The summed E-state index contributed by atoms with van der Waals surface area (Å²) in [7, 11) is 1.79. The minimum atomic E-state index is -0.283. The Bertz CT molecular complexity index is 580. The lowest BCUT2D eigenvalue weighted by molar-refractivity contribution is 0.0804. The maximum Gasteiger partial charge on any atom is 0.255 e. The van der Waals surface area contributed by atoms with E-state index in [4.69, 9.17) is 0 Å². The number of halogens is 1. The molecular formula is C15H17FN2OS. The van der Waals surface area contributed by atoms with Crippen molar-refractivity contribution in [3.05, 3.63) is 48.0 Å². The Hall–Kier alpha value is -1.75.